The van der Waals surface area contributed by atoms with Crippen molar-refractivity contribution in [3.8, 4) is 0 Å². The molecule has 24 heavy (non-hydrogen) atoms. The fraction of sp³-hybridized carbons (Fsp3) is 0.444. The number of amides is 2. The van der Waals surface area contributed by atoms with Gasteiger partial charge in [-0.2, -0.15) is 0 Å². The maximum Gasteiger partial charge on any atom is 0.251 e. The third-order valence-electron chi connectivity index (χ3n) is 4.05. The smallest absolute Gasteiger partial charge is 0.251 e. The summed E-state index contributed by atoms with van der Waals surface area (Å²) in [6.07, 6.45) is 3.33. The molecule has 1 aliphatic heterocycles. The van der Waals surface area contributed by atoms with E-state index in [9.17, 15) is 9.59 Å². The molecule has 0 atom stereocenters. The summed E-state index contributed by atoms with van der Waals surface area (Å²) in [6, 6.07) is 7.13. The Bertz CT molecular complexity index is 578. The highest BCUT2D eigenvalue weighted by molar-refractivity contribution is 5.94. The number of nitrogens with zero attached hydrogens (tertiary/aromatic N) is 2. The lowest BCUT2D eigenvalue weighted by Gasteiger charge is -2.28. The lowest BCUT2D eigenvalue weighted by atomic mass is 10.1. The van der Waals surface area contributed by atoms with Gasteiger partial charge in [-0.3, -0.25) is 14.5 Å². The molecule has 6 heteroatoms. The Morgan fingerprint density at radius 2 is 1.92 bits per heavy atom. The van der Waals surface area contributed by atoms with Gasteiger partial charge in [0.1, 0.15) is 0 Å². The molecular formula is C18H25N3O3. The zero-order chi connectivity index (χ0) is 17.4. The van der Waals surface area contributed by atoms with E-state index in [2.05, 4.69) is 10.2 Å². The molecule has 1 N–H and O–H groups in total. The van der Waals surface area contributed by atoms with Crippen molar-refractivity contribution in [2.75, 3.05) is 53.5 Å². The van der Waals surface area contributed by atoms with E-state index in [4.69, 9.17) is 4.74 Å². The fourth-order valence-corrected chi connectivity index (χ4v) is 2.41. The van der Waals surface area contributed by atoms with Crippen molar-refractivity contribution in [1.29, 1.82) is 0 Å². The largest absolute Gasteiger partial charge is 0.379 e. The minimum Gasteiger partial charge on any atom is -0.379 e. The number of morpholine rings is 1. The summed E-state index contributed by atoms with van der Waals surface area (Å²) in [7, 11) is 3.41. The van der Waals surface area contributed by atoms with Crippen LogP contribution in [0.2, 0.25) is 0 Å². The summed E-state index contributed by atoms with van der Waals surface area (Å²) in [4.78, 5) is 27.6. The van der Waals surface area contributed by atoms with Crippen molar-refractivity contribution in [3.63, 3.8) is 0 Å². The zero-order valence-electron chi connectivity index (χ0n) is 14.3. The zero-order valence-corrected chi connectivity index (χ0v) is 14.3. The molecule has 0 radical (unpaired) electrons. The van der Waals surface area contributed by atoms with Crippen LogP contribution in [0.5, 0.6) is 0 Å². The van der Waals surface area contributed by atoms with Gasteiger partial charge in [-0.15, -0.1) is 0 Å². The SMILES string of the molecule is CNC(=O)c1ccc(/C=C/C(=O)N(C)CCN2CCOCC2)cc1. The molecule has 0 aromatic heterocycles. The lowest BCUT2D eigenvalue weighted by molar-refractivity contribution is -0.125. The Morgan fingerprint density at radius 3 is 2.54 bits per heavy atom. The normalized spacial score (nSPS) is 15.4. The molecule has 1 aromatic carbocycles. The van der Waals surface area contributed by atoms with E-state index in [1.54, 1.807) is 36.2 Å². The van der Waals surface area contributed by atoms with E-state index in [0.29, 0.717) is 12.1 Å². The van der Waals surface area contributed by atoms with Crippen molar-refractivity contribution in [2.45, 2.75) is 0 Å². The van der Waals surface area contributed by atoms with E-state index in [0.717, 1.165) is 38.4 Å². The first-order valence-corrected chi connectivity index (χ1v) is 8.15. The predicted molar refractivity (Wildman–Crippen MR) is 93.8 cm³/mol. The van der Waals surface area contributed by atoms with Crippen LogP contribution >= 0.6 is 0 Å². The molecule has 2 rings (SSSR count). The van der Waals surface area contributed by atoms with Crippen LogP contribution in [-0.4, -0.2) is 75.1 Å². The minimum absolute atomic E-state index is 0.0290. The summed E-state index contributed by atoms with van der Waals surface area (Å²) in [5.74, 6) is -0.150. The number of likely N-dealkylation sites (N-methyl/N-ethyl adjacent to an activating group) is 1. The van der Waals surface area contributed by atoms with Gasteiger partial charge < -0.3 is 15.0 Å². The molecule has 1 heterocycles. The highest BCUT2D eigenvalue weighted by Gasteiger charge is 2.12. The van der Waals surface area contributed by atoms with Gasteiger partial charge in [0.25, 0.3) is 5.91 Å². The first kappa shape index (κ1) is 18.2. The Labute approximate surface area is 143 Å². The molecule has 6 nitrogen and oxygen atoms in total. The molecule has 2 amide bonds. The maximum absolute atomic E-state index is 12.1. The molecule has 130 valence electrons. The summed E-state index contributed by atoms with van der Waals surface area (Å²) >= 11 is 0. The third kappa shape index (κ3) is 5.47. The molecule has 0 bridgehead atoms. The van der Waals surface area contributed by atoms with Crippen LogP contribution in [0, 0.1) is 0 Å². The van der Waals surface area contributed by atoms with Crippen molar-refractivity contribution >= 4 is 17.9 Å². The van der Waals surface area contributed by atoms with Gasteiger partial charge in [0.15, 0.2) is 0 Å². The second-order valence-electron chi connectivity index (χ2n) is 5.75. The van der Waals surface area contributed by atoms with Crippen molar-refractivity contribution < 1.29 is 14.3 Å². The first-order chi connectivity index (χ1) is 11.6. The third-order valence-corrected chi connectivity index (χ3v) is 4.05. The van der Waals surface area contributed by atoms with Crippen molar-refractivity contribution in [3.05, 3.63) is 41.5 Å². The summed E-state index contributed by atoms with van der Waals surface area (Å²) in [5, 5.41) is 2.58. The molecule has 1 aromatic rings. The molecule has 0 unspecified atom stereocenters. The summed E-state index contributed by atoms with van der Waals surface area (Å²) in [5.41, 5.74) is 1.49. The monoisotopic (exact) mass is 331 g/mol. The number of carbonyl (C=O) groups is 2. The lowest BCUT2D eigenvalue weighted by Crippen LogP contribution is -2.41. The number of benzene rings is 1. The standard InChI is InChI=1S/C18H25N3O3/c1-19-18(23)16-6-3-15(4-7-16)5-8-17(22)20(2)9-10-21-11-13-24-14-12-21/h3-8H,9-14H2,1-2H3,(H,19,23)/b8-5+. The van der Waals surface area contributed by atoms with E-state index in [-0.39, 0.29) is 11.8 Å². The molecule has 1 fully saturated rings. The van der Waals surface area contributed by atoms with E-state index < -0.39 is 0 Å². The summed E-state index contributed by atoms with van der Waals surface area (Å²) in [6.45, 7) is 4.94. The van der Waals surface area contributed by atoms with E-state index >= 15 is 0 Å². The number of rotatable bonds is 6. The Morgan fingerprint density at radius 1 is 1.25 bits per heavy atom. The van der Waals surface area contributed by atoms with Crippen LogP contribution in [-0.2, 0) is 9.53 Å². The van der Waals surface area contributed by atoms with Gasteiger partial charge >= 0.3 is 0 Å². The summed E-state index contributed by atoms with van der Waals surface area (Å²) < 4.78 is 5.31. The molecule has 0 spiro atoms. The maximum atomic E-state index is 12.1. The molecule has 0 saturated carbocycles. The van der Waals surface area contributed by atoms with Crippen LogP contribution in [0.3, 0.4) is 0 Å². The fourth-order valence-electron chi connectivity index (χ4n) is 2.41. The Balaban J connectivity index is 1.81. The van der Waals surface area contributed by atoms with Crippen LogP contribution in [0.15, 0.2) is 30.3 Å². The van der Waals surface area contributed by atoms with Crippen LogP contribution in [0.1, 0.15) is 15.9 Å². The van der Waals surface area contributed by atoms with Crippen LogP contribution in [0.4, 0.5) is 0 Å². The molecular weight excluding hydrogens is 306 g/mol. The van der Waals surface area contributed by atoms with Gasteiger partial charge in [-0.25, -0.2) is 0 Å². The first-order valence-electron chi connectivity index (χ1n) is 8.15. The second kappa shape index (κ2) is 9.20. The molecule has 1 aliphatic rings. The van der Waals surface area contributed by atoms with Crippen LogP contribution < -0.4 is 5.32 Å². The van der Waals surface area contributed by atoms with Gasteiger partial charge in [0.05, 0.1) is 13.2 Å². The second-order valence-corrected chi connectivity index (χ2v) is 5.75. The van der Waals surface area contributed by atoms with E-state index in [1.165, 1.54) is 0 Å². The number of carbonyl (C=O) groups excluding carboxylic acids is 2. The number of hydrogen-bond donors (Lipinski definition) is 1. The van der Waals surface area contributed by atoms with Crippen molar-refractivity contribution in [1.82, 2.24) is 15.1 Å². The van der Waals surface area contributed by atoms with Crippen molar-refractivity contribution in [2.24, 2.45) is 0 Å². The predicted octanol–water partition coefficient (Wildman–Crippen LogP) is 0.850. The van der Waals surface area contributed by atoms with Crippen LogP contribution in [0.25, 0.3) is 6.08 Å². The number of nitrogens with one attached hydrogen (secondary N) is 1. The van der Waals surface area contributed by atoms with Gasteiger partial charge in [-0.05, 0) is 23.8 Å². The van der Waals surface area contributed by atoms with Gasteiger partial charge in [0, 0.05) is 51.9 Å². The number of hydrogen-bond acceptors (Lipinski definition) is 4. The molecule has 0 aliphatic carbocycles. The minimum atomic E-state index is -0.121. The highest BCUT2D eigenvalue weighted by atomic mass is 16.5. The average molecular weight is 331 g/mol. The topological polar surface area (TPSA) is 61.9 Å². The van der Waals surface area contributed by atoms with Gasteiger partial charge in [-0.1, -0.05) is 12.1 Å². The number of ether oxygens (including phenoxy) is 1. The Hall–Kier alpha value is -2.18. The van der Waals surface area contributed by atoms with E-state index in [1.807, 2.05) is 19.2 Å². The quantitative estimate of drug-likeness (QED) is 0.785. The Kier molecular flexibility index (Phi) is 6.96. The average Bonchev–Trinajstić information content (AvgIpc) is 2.64. The highest BCUT2D eigenvalue weighted by Crippen LogP contribution is 2.07. The van der Waals surface area contributed by atoms with Gasteiger partial charge in [0.2, 0.25) is 5.91 Å². The molecule has 1 saturated heterocycles.